The number of carbonyl (C=O) groups excluding carboxylic acids is 2. The molecule has 1 unspecified atom stereocenters. The summed E-state index contributed by atoms with van der Waals surface area (Å²) in [5, 5.41) is 0. The van der Waals surface area contributed by atoms with E-state index in [2.05, 4.69) is 25.3 Å². The van der Waals surface area contributed by atoms with Crippen molar-refractivity contribution in [2.75, 3.05) is 6.61 Å². The van der Waals surface area contributed by atoms with E-state index in [1.807, 2.05) is 24.3 Å². The first-order valence-corrected chi connectivity index (χ1v) is 8.88. The van der Waals surface area contributed by atoms with E-state index < -0.39 is 5.97 Å². The molecule has 0 fully saturated rings. The van der Waals surface area contributed by atoms with Crippen LogP contribution in [-0.2, 0) is 20.7 Å². The van der Waals surface area contributed by atoms with Gasteiger partial charge >= 0.3 is 11.9 Å². The highest BCUT2D eigenvalue weighted by Gasteiger charge is 2.24. The number of hydrogen-bond acceptors (Lipinski definition) is 4. The molecule has 0 saturated carbocycles. The summed E-state index contributed by atoms with van der Waals surface area (Å²) in [5.74, 6) is -0.102. The molecule has 0 bridgehead atoms. The van der Waals surface area contributed by atoms with Gasteiger partial charge in [0.05, 0.1) is 6.61 Å². The highest BCUT2D eigenvalue weighted by Crippen LogP contribution is 2.36. The van der Waals surface area contributed by atoms with Crippen molar-refractivity contribution in [3.63, 3.8) is 0 Å². The fourth-order valence-corrected chi connectivity index (χ4v) is 3.23. The van der Waals surface area contributed by atoms with Crippen LogP contribution < -0.4 is 4.74 Å². The fourth-order valence-electron chi connectivity index (χ4n) is 3.23. The van der Waals surface area contributed by atoms with Crippen molar-refractivity contribution in [1.82, 2.24) is 0 Å². The molecule has 1 aliphatic rings. The summed E-state index contributed by atoms with van der Waals surface area (Å²) >= 11 is 0. The predicted molar refractivity (Wildman–Crippen MR) is 105 cm³/mol. The van der Waals surface area contributed by atoms with Crippen molar-refractivity contribution < 1.29 is 19.1 Å². The Bertz CT molecular complexity index is 910. The molecule has 0 N–H and O–H groups in total. The SMILES string of the molecule is C=CC(=O)OCC1CCc2cc(-c3cccc(OC(=O)C(=C)C)c3)ccc21. The zero-order chi connectivity index (χ0) is 19.4. The van der Waals surface area contributed by atoms with Crippen LogP contribution in [0.15, 0.2) is 67.3 Å². The van der Waals surface area contributed by atoms with E-state index in [0.29, 0.717) is 17.9 Å². The Morgan fingerprint density at radius 2 is 1.96 bits per heavy atom. The number of carbonyl (C=O) groups is 2. The average molecular weight is 362 g/mol. The molecular weight excluding hydrogens is 340 g/mol. The maximum Gasteiger partial charge on any atom is 0.338 e. The minimum atomic E-state index is -0.432. The number of benzene rings is 2. The van der Waals surface area contributed by atoms with Gasteiger partial charge in [0.25, 0.3) is 0 Å². The van der Waals surface area contributed by atoms with Crippen LogP contribution in [0.2, 0.25) is 0 Å². The van der Waals surface area contributed by atoms with Gasteiger partial charge in [-0.05, 0) is 54.2 Å². The van der Waals surface area contributed by atoms with Gasteiger partial charge in [-0.1, -0.05) is 43.5 Å². The number of rotatable bonds is 6. The Morgan fingerprint density at radius 1 is 1.19 bits per heavy atom. The normalized spacial score (nSPS) is 14.9. The molecule has 138 valence electrons. The van der Waals surface area contributed by atoms with E-state index in [1.165, 1.54) is 17.2 Å². The Morgan fingerprint density at radius 3 is 2.70 bits per heavy atom. The third-order valence-electron chi connectivity index (χ3n) is 4.66. The monoisotopic (exact) mass is 362 g/mol. The fraction of sp³-hybridized carbons (Fsp3) is 0.217. The molecule has 0 saturated heterocycles. The lowest BCUT2D eigenvalue weighted by atomic mass is 9.97. The first kappa shape index (κ1) is 18.6. The summed E-state index contributed by atoms with van der Waals surface area (Å²) in [6, 6.07) is 13.7. The van der Waals surface area contributed by atoms with Crippen molar-refractivity contribution in [2.45, 2.75) is 25.7 Å². The second-order valence-corrected chi connectivity index (χ2v) is 6.68. The third-order valence-corrected chi connectivity index (χ3v) is 4.66. The average Bonchev–Trinajstić information content (AvgIpc) is 3.08. The molecule has 4 heteroatoms. The quantitative estimate of drug-likeness (QED) is 0.428. The summed E-state index contributed by atoms with van der Waals surface area (Å²) in [6.45, 7) is 9.02. The van der Waals surface area contributed by atoms with E-state index in [-0.39, 0.29) is 11.9 Å². The van der Waals surface area contributed by atoms with Crippen LogP contribution in [0, 0.1) is 0 Å². The van der Waals surface area contributed by atoms with Gasteiger partial charge in [-0.15, -0.1) is 0 Å². The summed E-state index contributed by atoms with van der Waals surface area (Å²) < 4.78 is 10.5. The molecule has 1 aliphatic carbocycles. The molecule has 0 heterocycles. The van der Waals surface area contributed by atoms with E-state index in [4.69, 9.17) is 9.47 Å². The predicted octanol–water partition coefficient (Wildman–Crippen LogP) is 4.59. The highest BCUT2D eigenvalue weighted by atomic mass is 16.5. The minimum absolute atomic E-state index is 0.223. The summed E-state index contributed by atoms with van der Waals surface area (Å²) in [4.78, 5) is 23.0. The Hall–Kier alpha value is -3.14. The van der Waals surface area contributed by atoms with Gasteiger partial charge in [-0.25, -0.2) is 9.59 Å². The molecule has 0 amide bonds. The van der Waals surface area contributed by atoms with E-state index in [0.717, 1.165) is 24.0 Å². The summed E-state index contributed by atoms with van der Waals surface area (Å²) in [5.41, 5.74) is 4.88. The van der Waals surface area contributed by atoms with Crippen LogP contribution in [0.1, 0.15) is 30.4 Å². The molecule has 0 aliphatic heterocycles. The highest BCUT2D eigenvalue weighted by molar-refractivity contribution is 5.89. The van der Waals surface area contributed by atoms with Crippen molar-refractivity contribution in [3.8, 4) is 16.9 Å². The van der Waals surface area contributed by atoms with Gasteiger partial charge in [0.1, 0.15) is 5.75 Å². The van der Waals surface area contributed by atoms with Crippen LogP contribution >= 0.6 is 0 Å². The molecule has 3 rings (SSSR count). The van der Waals surface area contributed by atoms with Gasteiger partial charge in [0.15, 0.2) is 0 Å². The van der Waals surface area contributed by atoms with Gasteiger partial charge < -0.3 is 9.47 Å². The minimum Gasteiger partial charge on any atom is -0.462 e. The van der Waals surface area contributed by atoms with E-state index in [1.54, 1.807) is 13.0 Å². The number of fused-ring (bicyclic) bond motifs is 1. The molecule has 2 aromatic carbocycles. The second kappa shape index (κ2) is 8.04. The van der Waals surface area contributed by atoms with Crippen molar-refractivity contribution in [1.29, 1.82) is 0 Å². The first-order valence-electron chi connectivity index (χ1n) is 8.88. The van der Waals surface area contributed by atoms with Gasteiger partial charge in [0.2, 0.25) is 0 Å². The smallest absolute Gasteiger partial charge is 0.338 e. The number of hydrogen-bond donors (Lipinski definition) is 0. The largest absolute Gasteiger partial charge is 0.462 e. The van der Waals surface area contributed by atoms with Gasteiger partial charge in [-0.2, -0.15) is 0 Å². The third kappa shape index (κ3) is 4.34. The van der Waals surface area contributed by atoms with Crippen LogP contribution in [0.4, 0.5) is 0 Å². The molecule has 0 radical (unpaired) electrons. The maximum atomic E-state index is 11.7. The van der Waals surface area contributed by atoms with Crippen molar-refractivity contribution in [2.24, 2.45) is 0 Å². The zero-order valence-electron chi connectivity index (χ0n) is 15.4. The van der Waals surface area contributed by atoms with Crippen LogP contribution in [0.3, 0.4) is 0 Å². The van der Waals surface area contributed by atoms with Gasteiger partial charge in [0, 0.05) is 17.6 Å². The first-order chi connectivity index (χ1) is 13.0. The second-order valence-electron chi connectivity index (χ2n) is 6.68. The molecule has 0 spiro atoms. The van der Waals surface area contributed by atoms with Crippen LogP contribution in [-0.4, -0.2) is 18.5 Å². The molecular formula is C23H22O4. The number of esters is 2. The maximum absolute atomic E-state index is 11.7. The lowest BCUT2D eigenvalue weighted by Crippen LogP contribution is -2.09. The number of ether oxygens (including phenoxy) is 2. The Labute approximate surface area is 159 Å². The van der Waals surface area contributed by atoms with E-state index in [9.17, 15) is 9.59 Å². The Kier molecular flexibility index (Phi) is 5.55. The molecule has 0 aromatic heterocycles. The van der Waals surface area contributed by atoms with E-state index >= 15 is 0 Å². The Balaban J connectivity index is 1.78. The molecule has 1 atom stereocenters. The molecule has 27 heavy (non-hydrogen) atoms. The zero-order valence-corrected chi connectivity index (χ0v) is 15.4. The van der Waals surface area contributed by atoms with Crippen molar-refractivity contribution in [3.05, 3.63) is 78.4 Å². The van der Waals surface area contributed by atoms with Crippen LogP contribution in [0.25, 0.3) is 11.1 Å². The summed E-state index contributed by atoms with van der Waals surface area (Å²) in [6.07, 6.45) is 3.09. The lowest BCUT2D eigenvalue weighted by Gasteiger charge is -2.12. The molecule has 2 aromatic rings. The van der Waals surface area contributed by atoms with Crippen LogP contribution in [0.5, 0.6) is 5.75 Å². The van der Waals surface area contributed by atoms with Crippen molar-refractivity contribution >= 4 is 11.9 Å². The van der Waals surface area contributed by atoms with Gasteiger partial charge in [-0.3, -0.25) is 0 Å². The lowest BCUT2D eigenvalue weighted by molar-refractivity contribution is -0.138. The topological polar surface area (TPSA) is 52.6 Å². The summed E-state index contributed by atoms with van der Waals surface area (Å²) in [7, 11) is 0. The standard InChI is InChI=1S/C23H22O4/c1-4-22(24)26-14-19-9-8-18-12-17(10-11-21(18)19)16-6-5-7-20(13-16)27-23(25)15(2)3/h4-7,10-13,19H,1-2,8-9,14H2,3H3. The number of aryl methyl sites for hydroxylation is 1. The molecule has 4 nitrogen and oxygen atoms in total.